The van der Waals surface area contributed by atoms with E-state index in [1.807, 2.05) is 13.1 Å². The van der Waals surface area contributed by atoms with Crippen molar-refractivity contribution in [1.82, 2.24) is 15.1 Å². The highest BCUT2D eigenvalue weighted by atomic mass is 16.3. The van der Waals surface area contributed by atoms with Crippen LogP contribution >= 0.6 is 0 Å². The minimum Gasteiger partial charge on any atom is -0.381 e. The van der Waals surface area contributed by atoms with Crippen LogP contribution in [0.25, 0.3) is 0 Å². The molecule has 0 spiro atoms. The van der Waals surface area contributed by atoms with E-state index in [9.17, 15) is 9.90 Å². The first kappa shape index (κ1) is 11.7. The maximum atomic E-state index is 11.3. The lowest BCUT2D eigenvalue weighted by Gasteiger charge is -2.16. The first-order valence-electron chi connectivity index (χ1n) is 4.89. The van der Waals surface area contributed by atoms with Gasteiger partial charge in [-0.25, -0.2) is 0 Å². The van der Waals surface area contributed by atoms with Crippen LogP contribution in [0.15, 0.2) is 12.3 Å². The minimum atomic E-state index is -1.31. The summed E-state index contributed by atoms with van der Waals surface area (Å²) in [7, 11) is 1.85. The molecule has 1 amide bonds. The summed E-state index contributed by atoms with van der Waals surface area (Å²) in [6, 6.07) is 1.90. The average molecular weight is 211 g/mol. The molecule has 0 radical (unpaired) electrons. The second kappa shape index (κ2) is 4.44. The summed E-state index contributed by atoms with van der Waals surface area (Å²) >= 11 is 0. The number of carbonyl (C=O) groups excluding carboxylic acids is 1. The zero-order chi connectivity index (χ0) is 11.5. The summed E-state index contributed by atoms with van der Waals surface area (Å²) in [6.45, 7) is 3.43. The Bertz CT molecular complexity index is 339. The molecule has 15 heavy (non-hydrogen) atoms. The van der Waals surface area contributed by atoms with Crippen molar-refractivity contribution >= 4 is 5.91 Å². The summed E-state index contributed by atoms with van der Waals surface area (Å²) in [5, 5.41) is 16.0. The largest absolute Gasteiger partial charge is 0.381 e. The Hall–Kier alpha value is -1.36. The topological polar surface area (TPSA) is 67.2 Å². The summed E-state index contributed by atoms with van der Waals surface area (Å²) in [5.41, 5.74) is -0.266. The highest BCUT2D eigenvalue weighted by Gasteiger charge is 2.22. The van der Waals surface area contributed by atoms with Crippen molar-refractivity contribution < 1.29 is 9.90 Å². The maximum absolute atomic E-state index is 11.3. The third-order valence-electron chi connectivity index (χ3n) is 2.14. The second-order valence-electron chi connectivity index (χ2n) is 4.01. The number of carbonyl (C=O) groups is 1. The predicted octanol–water partition coefficient (Wildman–Crippen LogP) is -0.150. The van der Waals surface area contributed by atoms with Crippen molar-refractivity contribution in [2.24, 2.45) is 7.05 Å². The molecule has 0 bridgehead atoms. The van der Waals surface area contributed by atoms with Gasteiger partial charge in [0.2, 0.25) is 0 Å². The Labute approximate surface area is 89.1 Å². The van der Waals surface area contributed by atoms with Gasteiger partial charge in [-0.05, 0) is 19.9 Å². The predicted molar refractivity (Wildman–Crippen MR) is 56.2 cm³/mol. The quantitative estimate of drug-likeness (QED) is 0.728. The van der Waals surface area contributed by atoms with Gasteiger partial charge in [0.1, 0.15) is 5.60 Å². The van der Waals surface area contributed by atoms with E-state index in [4.69, 9.17) is 0 Å². The van der Waals surface area contributed by atoms with E-state index in [1.165, 1.54) is 13.8 Å². The van der Waals surface area contributed by atoms with Crippen molar-refractivity contribution in [3.8, 4) is 0 Å². The molecule has 0 saturated carbocycles. The molecular weight excluding hydrogens is 194 g/mol. The van der Waals surface area contributed by atoms with Crippen LogP contribution in [0.5, 0.6) is 0 Å². The number of nitrogens with one attached hydrogen (secondary N) is 1. The van der Waals surface area contributed by atoms with E-state index in [1.54, 1.807) is 10.9 Å². The first-order valence-corrected chi connectivity index (χ1v) is 4.89. The van der Waals surface area contributed by atoms with E-state index >= 15 is 0 Å². The minimum absolute atomic E-state index is 0.357. The third kappa shape index (κ3) is 3.36. The molecule has 1 aromatic rings. The van der Waals surface area contributed by atoms with Gasteiger partial charge in [0.05, 0.1) is 0 Å². The molecule has 0 aliphatic heterocycles. The number of hydrogen-bond acceptors (Lipinski definition) is 3. The standard InChI is InChI=1S/C10H17N3O2/c1-10(2,15)9(14)11-6-4-8-5-7-12-13(8)3/h5,7,15H,4,6H2,1-3H3,(H,11,14). The lowest BCUT2D eigenvalue weighted by atomic mass is 10.1. The number of amides is 1. The molecule has 0 unspecified atom stereocenters. The Balaban J connectivity index is 2.35. The fraction of sp³-hybridized carbons (Fsp3) is 0.600. The fourth-order valence-electron chi connectivity index (χ4n) is 1.17. The van der Waals surface area contributed by atoms with Crippen LogP contribution in [-0.2, 0) is 18.3 Å². The maximum Gasteiger partial charge on any atom is 0.251 e. The van der Waals surface area contributed by atoms with Gasteiger partial charge in [0.15, 0.2) is 0 Å². The van der Waals surface area contributed by atoms with Crippen LogP contribution in [0.3, 0.4) is 0 Å². The molecule has 0 aromatic carbocycles. The molecule has 0 atom stereocenters. The van der Waals surface area contributed by atoms with E-state index in [2.05, 4.69) is 10.4 Å². The zero-order valence-corrected chi connectivity index (χ0v) is 9.32. The molecule has 0 aliphatic rings. The number of hydrogen-bond donors (Lipinski definition) is 2. The van der Waals surface area contributed by atoms with Crippen molar-refractivity contribution in [2.75, 3.05) is 6.54 Å². The number of aromatic nitrogens is 2. The average Bonchev–Trinajstić information content (AvgIpc) is 2.50. The first-order chi connectivity index (χ1) is 6.91. The van der Waals surface area contributed by atoms with Crippen LogP contribution in [0.1, 0.15) is 19.5 Å². The normalized spacial score (nSPS) is 11.5. The van der Waals surface area contributed by atoms with Crippen LogP contribution in [0, 0.1) is 0 Å². The Morgan fingerprint density at radius 2 is 2.33 bits per heavy atom. The molecule has 0 aliphatic carbocycles. The van der Waals surface area contributed by atoms with Crippen LogP contribution in [-0.4, -0.2) is 32.9 Å². The molecule has 1 aromatic heterocycles. The molecule has 0 saturated heterocycles. The smallest absolute Gasteiger partial charge is 0.251 e. The van der Waals surface area contributed by atoms with Gasteiger partial charge >= 0.3 is 0 Å². The Kier molecular flexibility index (Phi) is 3.47. The highest BCUT2D eigenvalue weighted by molar-refractivity contribution is 5.83. The molecule has 84 valence electrons. The summed E-state index contributed by atoms with van der Waals surface area (Å²) in [6.07, 6.45) is 2.42. The lowest BCUT2D eigenvalue weighted by Crippen LogP contribution is -2.42. The van der Waals surface area contributed by atoms with Gasteiger partial charge in [-0.1, -0.05) is 0 Å². The SMILES string of the molecule is Cn1nccc1CCNC(=O)C(C)(C)O. The fourth-order valence-corrected chi connectivity index (χ4v) is 1.17. The van der Waals surface area contributed by atoms with Crippen LogP contribution < -0.4 is 5.32 Å². The van der Waals surface area contributed by atoms with Gasteiger partial charge < -0.3 is 10.4 Å². The van der Waals surface area contributed by atoms with E-state index in [0.29, 0.717) is 13.0 Å². The van der Waals surface area contributed by atoms with Gasteiger partial charge in [-0.3, -0.25) is 9.48 Å². The molecule has 5 heteroatoms. The molecular formula is C10H17N3O2. The summed E-state index contributed by atoms with van der Waals surface area (Å²) in [5.74, 6) is -0.357. The molecule has 1 heterocycles. The van der Waals surface area contributed by atoms with Crippen LogP contribution in [0.4, 0.5) is 0 Å². The Morgan fingerprint density at radius 3 is 2.80 bits per heavy atom. The molecule has 2 N–H and O–H groups in total. The number of nitrogens with zero attached hydrogens (tertiary/aromatic N) is 2. The van der Waals surface area contributed by atoms with E-state index in [0.717, 1.165) is 5.69 Å². The summed E-state index contributed by atoms with van der Waals surface area (Å²) < 4.78 is 1.76. The summed E-state index contributed by atoms with van der Waals surface area (Å²) in [4.78, 5) is 11.3. The van der Waals surface area contributed by atoms with E-state index < -0.39 is 5.60 Å². The molecule has 0 fully saturated rings. The van der Waals surface area contributed by atoms with Gasteiger partial charge in [-0.2, -0.15) is 5.10 Å². The number of aryl methyl sites for hydroxylation is 1. The molecule has 1 rings (SSSR count). The monoisotopic (exact) mass is 211 g/mol. The van der Waals surface area contributed by atoms with E-state index in [-0.39, 0.29) is 5.91 Å². The van der Waals surface area contributed by atoms with Gasteiger partial charge in [0.25, 0.3) is 5.91 Å². The van der Waals surface area contributed by atoms with Crippen molar-refractivity contribution in [3.63, 3.8) is 0 Å². The highest BCUT2D eigenvalue weighted by Crippen LogP contribution is 2.00. The third-order valence-corrected chi connectivity index (χ3v) is 2.14. The number of rotatable bonds is 4. The lowest BCUT2D eigenvalue weighted by molar-refractivity contribution is -0.136. The van der Waals surface area contributed by atoms with Gasteiger partial charge in [0, 0.05) is 31.9 Å². The van der Waals surface area contributed by atoms with Crippen molar-refractivity contribution in [3.05, 3.63) is 18.0 Å². The van der Waals surface area contributed by atoms with Gasteiger partial charge in [-0.15, -0.1) is 0 Å². The second-order valence-corrected chi connectivity index (χ2v) is 4.01. The molecule has 5 nitrogen and oxygen atoms in total. The van der Waals surface area contributed by atoms with Crippen molar-refractivity contribution in [2.45, 2.75) is 25.9 Å². The van der Waals surface area contributed by atoms with Crippen LogP contribution in [0.2, 0.25) is 0 Å². The number of aliphatic hydroxyl groups is 1. The zero-order valence-electron chi connectivity index (χ0n) is 9.32. The van der Waals surface area contributed by atoms with Crippen molar-refractivity contribution in [1.29, 1.82) is 0 Å². The Morgan fingerprint density at radius 1 is 1.67 bits per heavy atom.